The summed E-state index contributed by atoms with van der Waals surface area (Å²) in [6.45, 7) is 3.69. The van der Waals surface area contributed by atoms with Crippen molar-refractivity contribution in [2.24, 2.45) is 0 Å². The quantitative estimate of drug-likeness (QED) is 0.418. The summed E-state index contributed by atoms with van der Waals surface area (Å²) in [7, 11) is 1.66. The molecule has 0 aliphatic rings. The third kappa shape index (κ3) is 4.83. The van der Waals surface area contributed by atoms with Crippen molar-refractivity contribution >= 4 is 17.4 Å². The van der Waals surface area contributed by atoms with Gasteiger partial charge in [0.05, 0.1) is 4.92 Å². The first kappa shape index (κ1) is 17.6. The number of Topliss-reactive ketones (excluding diaryl/α,β-unsaturated/α-hetero) is 1. The number of hydrogen-bond acceptors (Lipinski definition) is 5. The van der Waals surface area contributed by atoms with Gasteiger partial charge in [-0.25, -0.2) is 0 Å². The van der Waals surface area contributed by atoms with Crippen LogP contribution in [0, 0.1) is 10.1 Å². The Morgan fingerprint density at radius 2 is 2.05 bits per heavy atom. The number of hydrogen-bond donors (Lipinski definition) is 0. The topological polar surface area (TPSA) is 89.8 Å². The van der Waals surface area contributed by atoms with Gasteiger partial charge in [0.1, 0.15) is 0 Å². The molecule has 7 nitrogen and oxygen atoms in total. The lowest BCUT2D eigenvalue weighted by Crippen LogP contribution is -2.32. The van der Waals surface area contributed by atoms with Crippen LogP contribution in [0.1, 0.15) is 37.0 Å². The molecule has 1 aromatic carbocycles. The maximum Gasteiger partial charge on any atom is 0.311 e. The first-order chi connectivity index (χ1) is 10.4. The second-order valence-electron chi connectivity index (χ2n) is 4.95. The van der Waals surface area contributed by atoms with Crippen molar-refractivity contribution in [1.29, 1.82) is 0 Å². The lowest BCUT2D eigenvalue weighted by atomic mass is 10.1. The van der Waals surface area contributed by atoms with Crippen LogP contribution in [0.25, 0.3) is 0 Å². The Labute approximate surface area is 129 Å². The molecule has 0 atom stereocenters. The molecule has 0 fully saturated rings. The first-order valence-electron chi connectivity index (χ1n) is 7.03. The van der Waals surface area contributed by atoms with Gasteiger partial charge in [-0.2, -0.15) is 0 Å². The highest BCUT2D eigenvalue weighted by atomic mass is 16.6. The van der Waals surface area contributed by atoms with Crippen molar-refractivity contribution < 1.29 is 19.2 Å². The van der Waals surface area contributed by atoms with Crippen LogP contribution in [-0.2, 0) is 4.79 Å². The van der Waals surface area contributed by atoms with E-state index < -0.39 is 4.92 Å². The summed E-state index contributed by atoms with van der Waals surface area (Å²) in [5, 5.41) is 11.0. The lowest BCUT2D eigenvalue weighted by molar-refractivity contribution is -0.385. The number of carbonyl (C=O) groups excluding carboxylic acids is 2. The molecule has 0 aromatic heterocycles. The molecule has 0 saturated heterocycles. The third-order valence-corrected chi connectivity index (χ3v) is 3.19. The predicted molar refractivity (Wildman–Crippen MR) is 81.1 cm³/mol. The van der Waals surface area contributed by atoms with Crippen molar-refractivity contribution in [3.05, 3.63) is 33.9 Å². The van der Waals surface area contributed by atoms with E-state index in [1.807, 2.05) is 6.92 Å². The molecular weight excluding hydrogens is 288 g/mol. The van der Waals surface area contributed by atoms with E-state index in [1.165, 1.54) is 24.0 Å². The van der Waals surface area contributed by atoms with E-state index in [-0.39, 0.29) is 35.3 Å². The van der Waals surface area contributed by atoms with Crippen molar-refractivity contribution in [3.8, 4) is 5.75 Å². The Balaban J connectivity index is 2.79. The lowest BCUT2D eigenvalue weighted by Gasteiger charge is -2.17. The van der Waals surface area contributed by atoms with Crippen LogP contribution in [0.3, 0.4) is 0 Å². The summed E-state index contributed by atoms with van der Waals surface area (Å²) >= 11 is 0. The smallest absolute Gasteiger partial charge is 0.311 e. The molecule has 0 aliphatic carbocycles. The fourth-order valence-corrected chi connectivity index (χ4v) is 1.77. The monoisotopic (exact) mass is 308 g/mol. The highest BCUT2D eigenvalue weighted by Crippen LogP contribution is 2.28. The molecule has 0 bridgehead atoms. The molecule has 0 unspecified atom stereocenters. The Bertz CT molecular complexity index is 571. The molecule has 1 rings (SSSR count). The number of nitrogens with zero attached hydrogens (tertiary/aromatic N) is 2. The predicted octanol–water partition coefficient (Wildman–Crippen LogP) is 2.43. The molecular formula is C15H20N2O5. The summed E-state index contributed by atoms with van der Waals surface area (Å²) in [6, 6.07) is 3.94. The first-order valence-corrected chi connectivity index (χ1v) is 7.03. The zero-order valence-electron chi connectivity index (χ0n) is 13.0. The van der Waals surface area contributed by atoms with Gasteiger partial charge in [-0.3, -0.25) is 19.7 Å². The second-order valence-corrected chi connectivity index (χ2v) is 4.95. The van der Waals surface area contributed by atoms with Gasteiger partial charge in [0.2, 0.25) is 0 Å². The van der Waals surface area contributed by atoms with Crippen molar-refractivity contribution in [3.63, 3.8) is 0 Å². The van der Waals surface area contributed by atoms with E-state index in [2.05, 4.69) is 0 Å². The van der Waals surface area contributed by atoms with Gasteiger partial charge in [0.15, 0.2) is 18.1 Å². The minimum atomic E-state index is -0.632. The van der Waals surface area contributed by atoms with E-state index in [0.717, 1.165) is 18.9 Å². The van der Waals surface area contributed by atoms with Gasteiger partial charge >= 0.3 is 5.69 Å². The molecule has 22 heavy (non-hydrogen) atoms. The average molecular weight is 308 g/mol. The fraction of sp³-hybridized carbons (Fsp3) is 0.467. The highest BCUT2D eigenvalue weighted by Gasteiger charge is 2.19. The number of nitro groups is 1. The maximum atomic E-state index is 11.9. The number of amides is 1. The van der Waals surface area contributed by atoms with Crippen LogP contribution in [0.2, 0.25) is 0 Å². The van der Waals surface area contributed by atoms with E-state index in [0.29, 0.717) is 6.54 Å². The van der Waals surface area contributed by atoms with E-state index in [4.69, 9.17) is 4.74 Å². The van der Waals surface area contributed by atoms with Crippen LogP contribution in [0.15, 0.2) is 18.2 Å². The second kappa shape index (κ2) is 8.11. The molecule has 0 N–H and O–H groups in total. The molecule has 0 radical (unpaired) electrons. The van der Waals surface area contributed by atoms with Crippen LogP contribution < -0.4 is 4.74 Å². The Hall–Kier alpha value is -2.44. The van der Waals surface area contributed by atoms with Crippen LogP contribution in [-0.4, -0.2) is 41.7 Å². The number of rotatable bonds is 8. The zero-order valence-corrected chi connectivity index (χ0v) is 13.0. The van der Waals surface area contributed by atoms with Crippen LogP contribution in [0.4, 0.5) is 5.69 Å². The molecule has 0 spiro atoms. The largest absolute Gasteiger partial charge is 0.477 e. The summed E-state index contributed by atoms with van der Waals surface area (Å²) in [4.78, 5) is 35.0. The Morgan fingerprint density at radius 1 is 1.36 bits per heavy atom. The average Bonchev–Trinajstić information content (AvgIpc) is 2.49. The molecule has 120 valence electrons. The van der Waals surface area contributed by atoms with Crippen molar-refractivity contribution in [2.75, 3.05) is 20.2 Å². The van der Waals surface area contributed by atoms with E-state index in [9.17, 15) is 19.7 Å². The van der Waals surface area contributed by atoms with Crippen LogP contribution >= 0.6 is 0 Å². The van der Waals surface area contributed by atoms with Gasteiger partial charge in [0, 0.05) is 25.2 Å². The minimum absolute atomic E-state index is 0.0211. The van der Waals surface area contributed by atoms with Crippen LogP contribution in [0.5, 0.6) is 5.75 Å². The SMILES string of the molecule is CCCCN(C)C(=O)COc1ccc(C(C)=O)cc1[N+](=O)[O-]. The zero-order chi connectivity index (χ0) is 16.7. The Morgan fingerprint density at radius 3 is 2.59 bits per heavy atom. The van der Waals surface area contributed by atoms with Gasteiger partial charge in [-0.15, -0.1) is 0 Å². The molecule has 1 aromatic rings. The molecule has 0 saturated carbocycles. The number of carbonyl (C=O) groups is 2. The normalized spacial score (nSPS) is 10.1. The number of unbranched alkanes of at least 4 members (excludes halogenated alkanes) is 1. The minimum Gasteiger partial charge on any atom is -0.477 e. The van der Waals surface area contributed by atoms with Gasteiger partial charge < -0.3 is 9.64 Å². The van der Waals surface area contributed by atoms with Gasteiger partial charge in [-0.05, 0) is 25.5 Å². The summed E-state index contributed by atoms with van der Waals surface area (Å²) < 4.78 is 5.25. The highest BCUT2D eigenvalue weighted by molar-refractivity contribution is 5.95. The van der Waals surface area contributed by atoms with Gasteiger partial charge in [-0.1, -0.05) is 13.3 Å². The third-order valence-electron chi connectivity index (χ3n) is 3.19. The number of ether oxygens (including phenoxy) is 1. The number of benzene rings is 1. The molecule has 0 heterocycles. The summed E-state index contributed by atoms with van der Waals surface area (Å²) in [5.74, 6) is -0.546. The number of likely N-dealkylation sites (N-methyl/N-ethyl adjacent to an activating group) is 1. The molecule has 0 aliphatic heterocycles. The summed E-state index contributed by atoms with van der Waals surface area (Å²) in [6.07, 6.45) is 1.85. The molecule has 7 heteroatoms. The number of nitro benzene ring substituents is 1. The van der Waals surface area contributed by atoms with Crippen molar-refractivity contribution in [2.45, 2.75) is 26.7 Å². The van der Waals surface area contributed by atoms with Gasteiger partial charge in [0.25, 0.3) is 5.91 Å². The molecule has 1 amide bonds. The van der Waals surface area contributed by atoms with E-state index in [1.54, 1.807) is 7.05 Å². The van der Waals surface area contributed by atoms with Crippen molar-refractivity contribution in [1.82, 2.24) is 4.90 Å². The number of ketones is 1. The summed E-state index contributed by atoms with van der Waals surface area (Å²) in [5.41, 5.74) is -0.0952. The fourth-order valence-electron chi connectivity index (χ4n) is 1.77. The maximum absolute atomic E-state index is 11.9. The van der Waals surface area contributed by atoms with E-state index >= 15 is 0 Å². The standard InChI is InChI=1S/C15H20N2O5/c1-4-5-8-16(3)15(19)10-22-14-7-6-12(11(2)18)9-13(14)17(20)21/h6-7,9H,4-5,8,10H2,1-3H3. The Kier molecular flexibility index (Phi) is 6.49.